The topological polar surface area (TPSA) is 64.7 Å². The van der Waals surface area contributed by atoms with E-state index in [1.54, 1.807) is 11.8 Å². The lowest BCUT2D eigenvalue weighted by Crippen LogP contribution is -2.55. The lowest BCUT2D eigenvalue weighted by atomic mass is 10.2. The third-order valence-electron chi connectivity index (χ3n) is 5.18. The van der Waals surface area contributed by atoms with E-state index >= 15 is 0 Å². The van der Waals surface area contributed by atoms with Crippen LogP contribution >= 0.6 is 11.6 Å². The summed E-state index contributed by atoms with van der Waals surface area (Å²) in [5, 5.41) is 6.56. The highest BCUT2D eigenvalue weighted by atomic mass is 35.5. The van der Waals surface area contributed by atoms with E-state index in [-0.39, 0.29) is 18.0 Å². The summed E-state index contributed by atoms with van der Waals surface area (Å²) >= 11 is 6.05. The van der Waals surface area contributed by atoms with Gasteiger partial charge in [0, 0.05) is 42.9 Å². The summed E-state index contributed by atoms with van der Waals surface area (Å²) in [4.78, 5) is 28.6. The van der Waals surface area contributed by atoms with Crippen molar-refractivity contribution in [2.75, 3.05) is 31.1 Å². The van der Waals surface area contributed by atoms with Crippen LogP contribution in [0, 0.1) is 0 Å². The normalized spacial score (nSPS) is 19.3. The molecule has 1 aromatic carbocycles. The van der Waals surface area contributed by atoms with Crippen LogP contribution in [0.5, 0.6) is 0 Å². The molecule has 1 aliphatic carbocycles. The second-order valence-corrected chi connectivity index (χ2v) is 7.55. The van der Waals surface area contributed by atoms with E-state index in [1.807, 2.05) is 24.3 Å². The maximum atomic E-state index is 12.4. The fourth-order valence-electron chi connectivity index (χ4n) is 3.58. The second-order valence-electron chi connectivity index (χ2n) is 7.12. The molecule has 0 unspecified atom stereocenters. The summed E-state index contributed by atoms with van der Waals surface area (Å²) in [6, 6.07) is 7.32. The number of rotatable bonds is 4. The van der Waals surface area contributed by atoms with Gasteiger partial charge in [0.1, 0.15) is 6.04 Å². The zero-order valence-corrected chi connectivity index (χ0v) is 16.0. The van der Waals surface area contributed by atoms with Crippen molar-refractivity contribution < 1.29 is 9.59 Å². The van der Waals surface area contributed by atoms with Gasteiger partial charge in [-0.15, -0.1) is 0 Å². The van der Waals surface area contributed by atoms with E-state index in [0.29, 0.717) is 18.1 Å². The molecule has 1 aliphatic heterocycles. The number of carbonyl (C=O) groups excluding carboxylic acids is 2. The summed E-state index contributed by atoms with van der Waals surface area (Å²) in [7, 11) is 0. The first-order valence-corrected chi connectivity index (χ1v) is 9.77. The highest BCUT2D eigenvalue weighted by Gasteiger charge is 2.25. The number of amides is 3. The van der Waals surface area contributed by atoms with Crippen LogP contribution < -0.4 is 15.5 Å². The van der Waals surface area contributed by atoms with Gasteiger partial charge in [-0.05, 0) is 38.0 Å². The molecule has 1 saturated carbocycles. The van der Waals surface area contributed by atoms with Crippen molar-refractivity contribution in [3.63, 3.8) is 0 Å². The molecule has 1 saturated heterocycles. The van der Waals surface area contributed by atoms with Gasteiger partial charge in [0.2, 0.25) is 5.91 Å². The minimum absolute atomic E-state index is 0.0946. The maximum absolute atomic E-state index is 12.4. The smallest absolute Gasteiger partial charge is 0.318 e. The van der Waals surface area contributed by atoms with Crippen LogP contribution in [0.1, 0.15) is 32.6 Å². The largest absolute Gasteiger partial charge is 0.368 e. The Hall–Kier alpha value is -1.95. The van der Waals surface area contributed by atoms with Crippen molar-refractivity contribution >= 4 is 29.2 Å². The SMILES string of the molecule is C[C@H](NC(=O)N1CCN(c2cccc(Cl)c2)CC1)C(=O)NC1CCCC1. The van der Waals surface area contributed by atoms with Gasteiger partial charge in [0.25, 0.3) is 0 Å². The highest BCUT2D eigenvalue weighted by Crippen LogP contribution is 2.21. The number of anilines is 1. The van der Waals surface area contributed by atoms with Crippen molar-refractivity contribution in [1.29, 1.82) is 0 Å². The van der Waals surface area contributed by atoms with Gasteiger partial charge in [-0.25, -0.2) is 4.79 Å². The molecule has 2 fully saturated rings. The number of nitrogens with zero attached hydrogens (tertiary/aromatic N) is 2. The zero-order chi connectivity index (χ0) is 18.5. The van der Waals surface area contributed by atoms with Crippen LogP contribution in [0.3, 0.4) is 0 Å². The number of halogens is 1. The van der Waals surface area contributed by atoms with Crippen molar-refractivity contribution in [2.45, 2.75) is 44.7 Å². The van der Waals surface area contributed by atoms with Crippen molar-refractivity contribution in [1.82, 2.24) is 15.5 Å². The molecule has 0 bridgehead atoms. The maximum Gasteiger partial charge on any atom is 0.318 e. The van der Waals surface area contributed by atoms with E-state index in [4.69, 9.17) is 11.6 Å². The van der Waals surface area contributed by atoms with Gasteiger partial charge in [0.15, 0.2) is 0 Å². The average molecular weight is 379 g/mol. The lowest BCUT2D eigenvalue weighted by Gasteiger charge is -2.36. The molecule has 26 heavy (non-hydrogen) atoms. The number of urea groups is 1. The first kappa shape index (κ1) is 18.8. The molecule has 7 heteroatoms. The molecule has 0 radical (unpaired) electrons. The number of hydrogen-bond donors (Lipinski definition) is 2. The Morgan fingerprint density at radius 2 is 1.85 bits per heavy atom. The van der Waals surface area contributed by atoms with Gasteiger partial charge < -0.3 is 20.4 Å². The predicted octanol–water partition coefficient (Wildman–Crippen LogP) is 2.62. The number of carbonyl (C=O) groups is 2. The fourth-order valence-corrected chi connectivity index (χ4v) is 3.76. The molecule has 3 rings (SSSR count). The number of nitrogens with one attached hydrogen (secondary N) is 2. The number of piperazine rings is 1. The van der Waals surface area contributed by atoms with Gasteiger partial charge in [-0.3, -0.25) is 4.79 Å². The van der Waals surface area contributed by atoms with Gasteiger partial charge >= 0.3 is 6.03 Å². The molecule has 2 aliphatic rings. The number of benzene rings is 1. The Morgan fingerprint density at radius 1 is 1.15 bits per heavy atom. The summed E-state index contributed by atoms with van der Waals surface area (Å²) in [6.45, 7) is 4.47. The van der Waals surface area contributed by atoms with Crippen LogP contribution in [0.2, 0.25) is 5.02 Å². The van der Waals surface area contributed by atoms with Crippen LogP contribution in [0.15, 0.2) is 24.3 Å². The third-order valence-corrected chi connectivity index (χ3v) is 5.41. The third kappa shape index (κ3) is 4.81. The molecular formula is C19H27ClN4O2. The van der Waals surface area contributed by atoms with E-state index in [9.17, 15) is 9.59 Å². The quantitative estimate of drug-likeness (QED) is 0.846. The average Bonchev–Trinajstić information content (AvgIpc) is 3.14. The Morgan fingerprint density at radius 3 is 2.50 bits per heavy atom. The van der Waals surface area contributed by atoms with E-state index in [0.717, 1.165) is 31.6 Å². The van der Waals surface area contributed by atoms with Crippen LogP contribution in [-0.4, -0.2) is 55.1 Å². The molecule has 3 amide bonds. The van der Waals surface area contributed by atoms with Crippen molar-refractivity contribution in [3.8, 4) is 0 Å². The summed E-state index contributed by atoms with van der Waals surface area (Å²) in [5.74, 6) is -0.0946. The van der Waals surface area contributed by atoms with Crippen molar-refractivity contribution in [2.24, 2.45) is 0 Å². The molecule has 1 atom stereocenters. The molecule has 1 aromatic rings. The second kappa shape index (κ2) is 8.62. The standard InChI is InChI=1S/C19H27ClN4O2/c1-14(18(25)22-16-6-2-3-7-16)21-19(26)24-11-9-23(10-12-24)17-8-4-5-15(20)13-17/h4-5,8,13-14,16H,2-3,6-7,9-12H2,1H3,(H,21,26)(H,22,25)/t14-/m0/s1. The molecule has 0 aromatic heterocycles. The van der Waals surface area contributed by atoms with Gasteiger partial charge in [0.05, 0.1) is 0 Å². The molecular weight excluding hydrogens is 352 g/mol. The monoisotopic (exact) mass is 378 g/mol. The predicted molar refractivity (Wildman–Crippen MR) is 104 cm³/mol. The fraction of sp³-hybridized carbons (Fsp3) is 0.579. The van der Waals surface area contributed by atoms with E-state index in [1.165, 1.54) is 12.8 Å². The Bertz CT molecular complexity index is 640. The van der Waals surface area contributed by atoms with Gasteiger partial charge in [-0.1, -0.05) is 30.5 Å². The summed E-state index contributed by atoms with van der Waals surface area (Å²) in [6.07, 6.45) is 4.42. The van der Waals surface area contributed by atoms with E-state index in [2.05, 4.69) is 15.5 Å². The van der Waals surface area contributed by atoms with E-state index < -0.39 is 6.04 Å². The molecule has 1 heterocycles. The highest BCUT2D eigenvalue weighted by molar-refractivity contribution is 6.30. The molecule has 142 valence electrons. The minimum Gasteiger partial charge on any atom is -0.368 e. The summed E-state index contributed by atoms with van der Waals surface area (Å²) < 4.78 is 0. The molecule has 0 spiro atoms. The summed E-state index contributed by atoms with van der Waals surface area (Å²) in [5.41, 5.74) is 1.07. The first-order valence-electron chi connectivity index (χ1n) is 9.39. The first-order chi connectivity index (χ1) is 12.5. The number of hydrogen-bond acceptors (Lipinski definition) is 3. The molecule has 2 N–H and O–H groups in total. The van der Waals surface area contributed by atoms with Crippen LogP contribution in [0.25, 0.3) is 0 Å². The zero-order valence-electron chi connectivity index (χ0n) is 15.2. The molecule has 6 nitrogen and oxygen atoms in total. The van der Waals surface area contributed by atoms with Crippen LogP contribution in [0.4, 0.5) is 10.5 Å². The van der Waals surface area contributed by atoms with Gasteiger partial charge in [-0.2, -0.15) is 0 Å². The minimum atomic E-state index is -0.519. The Balaban J connectivity index is 1.45. The van der Waals surface area contributed by atoms with Crippen LogP contribution in [-0.2, 0) is 4.79 Å². The van der Waals surface area contributed by atoms with Crippen molar-refractivity contribution in [3.05, 3.63) is 29.3 Å². The Labute approximate surface area is 159 Å². The lowest BCUT2D eigenvalue weighted by molar-refractivity contribution is -0.123. The Kier molecular flexibility index (Phi) is 6.25.